The molecule has 2 N–H and O–H groups in total. The quantitative estimate of drug-likeness (QED) is 0.322. The fourth-order valence-corrected chi connectivity index (χ4v) is 6.47. The van der Waals surface area contributed by atoms with Crippen LogP contribution in [0.15, 0.2) is 71.9 Å². The molecule has 0 radical (unpaired) electrons. The Balaban J connectivity index is 1.21. The summed E-state index contributed by atoms with van der Waals surface area (Å²) < 4.78 is 41.5. The lowest BCUT2D eigenvalue weighted by atomic mass is 10.0. The molecule has 0 aliphatic carbocycles. The Labute approximate surface area is 228 Å². The first-order valence-electron chi connectivity index (χ1n) is 12.9. The predicted octanol–water partition coefficient (Wildman–Crippen LogP) is 4.90. The van der Waals surface area contributed by atoms with Crippen molar-refractivity contribution < 1.29 is 12.8 Å². The van der Waals surface area contributed by atoms with E-state index in [0.717, 1.165) is 29.7 Å². The van der Waals surface area contributed by atoms with Crippen LogP contribution in [-0.4, -0.2) is 64.0 Å². The van der Waals surface area contributed by atoms with E-state index in [0.29, 0.717) is 30.4 Å². The SMILES string of the molecule is Cc1[nH]ncc1C(C)N(C)C1CCN(S(=O)(=O)c2ccc(Nc3nccc(-c4ccc(F)cc4)n3)cc2)CC1. The van der Waals surface area contributed by atoms with Crippen LogP contribution in [0.1, 0.15) is 37.1 Å². The Bertz CT molecular complexity index is 1520. The van der Waals surface area contributed by atoms with Gasteiger partial charge in [-0.3, -0.25) is 10.00 Å². The van der Waals surface area contributed by atoms with Gasteiger partial charge >= 0.3 is 0 Å². The molecule has 1 saturated heterocycles. The van der Waals surface area contributed by atoms with Crippen molar-refractivity contribution in [3.63, 3.8) is 0 Å². The maximum Gasteiger partial charge on any atom is 0.243 e. The Morgan fingerprint density at radius 1 is 1.08 bits per heavy atom. The third kappa shape index (κ3) is 5.85. The fraction of sp³-hybridized carbons (Fsp3) is 0.321. The van der Waals surface area contributed by atoms with E-state index in [1.54, 1.807) is 53.0 Å². The number of H-pyrrole nitrogens is 1. The van der Waals surface area contributed by atoms with Gasteiger partial charge in [-0.1, -0.05) is 0 Å². The summed E-state index contributed by atoms with van der Waals surface area (Å²) in [6.07, 6.45) is 5.00. The zero-order valence-electron chi connectivity index (χ0n) is 22.2. The van der Waals surface area contributed by atoms with Gasteiger partial charge in [0.1, 0.15) is 5.82 Å². The standard InChI is InChI=1S/C28H32FN7O2S/c1-19-26(18-31-34-19)20(2)35(3)24-13-16-36(17-14-24)39(37,38)25-10-8-23(9-11-25)32-28-30-15-12-27(33-28)21-4-6-22(29)7-5-21/h4-12,15,18,20,24H,13-14,16-17H2,1-3H3,(H,31,34)(H,30,32,33). The number of rotatable bonds is 8. The molecule has 1 aliphatic heterocycles. The Kier molecular flexibility index (Phi) is 7.74. The minimum atomic E-state index is -3.61. The van der Waals surface area contributed by atoms with Gasteiger partial charge in [-0.15, -0.1) is 0 Å². The molecular formula is C28H32FN7O2S. The van der Waals surface area contributed by atoms with Gasteiger partial charge in [0.05, 0.1) is 16.8 Å². The van der Waals surface area contributed by atoms with E-state index in [4.69, 9.17) is 0 Å². The van der Waals surface area contributed by atoms with E-state index in [1.807, 2.05) is 13.1 Å². The second-order valence-electron chi connectivity index (χ2n) is 9.85. The van der Waals surface area contributed by atoms with E-state index in [2.05, 4.69) is 44.4 Å². The molecule has 39 heavy (non-hydrogen) atoms. The maximum absolute atomic E-state index is 13.4. The van der Waals surface area contributed by atoms with Gasteiger partial charge < -0.3 is 5.32 Å². The molecule has 1 aliphatic rings. The molecule has 2 aromatic carbocycles. The molecule has 4 aromatic rings. The number of nitrogens with one attached hydrogen (secondary N) is 2. The molecule has 11 heteroatoms. The number of anilines is 2. The Morgan fingerprint density at radius 2 is 1.77 bits per heavy atom. The third-order valence-electron chi connectivity index (χ3n) is 7.47. The molecule has 1 unspecified atom stereocenters. The van der Waals surface area contributed by atoms with Crippen LogP contribution in [0.4, 0.5) is 16.0 Å². The number of hydrogen-bond acceptors (Lipinski definition) is 7. The highest BCUT2D eigenvalue weighted by Crippen LogP contribution is 2.29. The van der Waals surface area contributed by atoms with Gasteiger partial charge in [0.15, 0.2) is 0 Å². The van der Waals surface area contributed by atoms with Crippen molar-refractivity contribution in [1.29, 1.82) is 0 Å². The predicted molar refractivity (Wildman–Crippen MR) is 148 cm³/mol. The monoisotopic (exact) mass is 549 g/mol. The van der Waals surface area contributed by atoms with E-state index in [1.165, 1.54) is 12.1 Å². The number of piperidine rings is 1. The number of aromatic amines is 1. The van der Waals surface area contributed by atoms with Crippen LogP contribution in [0.5, 0.6) is 0 Å². The van der Waals surface area contributed by atoms with Crippen LogP contribution >= 0.6 is 0 Å². The molecule has 0 saturated carbocycles. The molecule has 1 fully saturated rings. The van der Waals surface area contributed by atoms with Crippen molar-refractivity contribution in [2.75, 3.05) is 25.5 Å². The summed E-state index contributed by atoms with van der Waals surface area (Å²) in [6.45, 7) is 5.11. The zero-order chi connectivity index (χ0) is 27.6. The third-order valence-corrected chi connectivity index (χ3v) is 9.39. The van der Waals surface area contributed by atoms with Crippen molar-refractivity contribution in [2.24, 2.45) is 0 Å². The second kappa shape index (κ2) is 11.2. The Hall–Kier alpha value is -3.67. The molecule has 1 atom stereocenters. The summed E-state index contributed by atoms with van der Waals surface area (Å²) in [5.74, 6) is 0.0476. The number of nitrogens with zero attached hydrogens (tertiary/aromatic N) is 5. The molecule has 0 bridgehead atoms. The van der Waals surface area contributed by atoms with Crippen molar-refractivity contribution in [2.45, 2.75) is 43.7 Å². The zero-order valence-corrected chi connectivity index (χ0v) is 23.0. The second-order valence-corrected chi connectivity index (χ2v) is 11.8. The van der Waals surface area contributed by atoms with Gasteiger partial charge in [-0.05, 0) is 88.3 Å². The summed E-state index contributed by atoms with van der Waals surface area (Å²) >= 11 is 0. The topological polar surface area (TPSA) is 107 Å². The summed E-state index contributed by atoms with van der Waals surface area (Å²) in [6, 6.07) is 14.9. The van der Waals surface area contributed by atoms with Crippen molar-refractivity contribution in [3.05, 3.63) is 84.1 Å². The van der Waals surface area contributed by atoms with Gasteiger partial charge in [0.25, 0.3) is 0 Å². The average Bonchev–Trinajstić information content (AvgIpc) is 3.39. The smallest absolute Gasteiger partial charge is 0.243 e. The van der Waals surface area contributed by atoms with E-state index in [9.17, 15) is 12.8 Å². The van der Waals surface area contributed by atoms with Gasteiger partial charge in [0.2, 0.25) is 16.0 Å². The molecule has 9 nitrogen and oxygen atoms in total. The Morgan fingerprint density at radius 3 is 2.41 bits per heavy atom. The molecule has 0 amide bonds. The molecule has 204 valence electrons. The fourth-order valence-electron chi connectivity index (χ4n) is 5.00. The minimum Gasteiger partial charge on any atom is -0.324 e. The number of sulfonamides is 1. The van der Waals surface area contributed by atoms with E-state index < -0.39 is 10.0 Å². The number of aromatic nitrogens is 4. The van der Waals surface area contributed by atoms with Gasteiger partial charge in [-0.2, -0.15) is 9.40 Å². The summed E-state index contributed by atoms with van der Waals surface area (Å²) in [5.41, 5.74) is 4.29. The first kappa shape index (κ1) is 26.9. The maximum atomic E-state index is 13.4. The lowest BCUT2D eigenvalue weighted by Gasteiger charge is -2.38. The highest BCUT2D eigenvalue weighted by Gasteiger charge is 2.32. The summed E-state index contributed by atoms with van der Waals surface area (Å²) in [7, 11) is -1.51. The number of aryl methyl sites for hydroxylation is 1. The van der Waals surface area contributed by atoms with Crippen LogP contribution in [0.2, 0.25) is 0 Å². The van der Waals surface area contributed by atoms with Crippen molar-refractivity contribution in [3.8, 4) is 11.3 Å². The number of benzene rings is 2. The lowest BCUT2D eigenvalue weighted by molar-refractivity contribution is 0.131. The first-order valence-corrected chi connectivity index (χ1v) is 14.3. The van der Waals surface area contributed by atoms with Crippen LogP contribution in [0.25, 0.3) is 11.3 Å². The minimum absolute atomic E-state index is 0.192. The normalized spacial score (nSPS) is 15.9. The van der Waals surface area contributed by atoms with Crippen LogP contribution in [0.3, 0.4) is 0 Å². The van der Waals surface area contributed by atoms with Crippen LogP contribution in [-0.2, 0) is 10.0 Å². The van der Waals surface area contributed by atoms with Crippen molar-refractivity contribution >= 4 is 21.7 Å². The highest BCUT2D eigenvalue weighted by atomic mass is 32.2. The molecule has 3 heterocycles. The van der Waals surface area contributed by atoms with Crippen LogP contribution < -0.4 is 5.32 Å². The van der Waals surface area contributed by atoms with Crippen molar-refractivity contribution in [1.82, 2.24) is 29.4 Å². The molecule has 2 aromatic heterocycles. The van der Waals surface area contributed by atoms with Gasteiger partial charge in [-0.25, -0.2) is 22.8 Å². The van der Waals surface area contributed by atoms with E-state index in [-0.39, 0.29) is 22.8 Å². The van der Waals surface area contributed by atoms with Crippen LogP contribution in [0, 0.1) is 12.7 Å². The number of halogens is 1. The summed E-state index contributed by atoms with van der Waals surface area (Å²) in [5, 5.41) is 10.2. The lowest BCUT2D eigenvalue weighted by Crippen LogP contribution is -2.46. The van der Waals surface area contributed by atoms with Gasteiger partial charge in [0, 0.05) is 53.9 Å². The molecular weight excluding hydrogens is 517 g/mol. The molecule has 0 spiro atoms. The summed E-state index contributed by atoms with van der Waals surface area (Å²) in [4.78, 5) is 11.3. The average molecular weight is 550 g/mol. The first-order chi connectivity index (χ1) is 18.7. The van der Waals surface area contributed by atoms with E-state index >= 15 is 0 Å². The number of hydrogen-bond donors (Lipinski definition) is 2. The highest BCUT2D eigenvalue weighted by molar-refractivity contribution is 7.89. The largest absolute Gasteiger partial charge is 0.324 e. The molecule has 5 rings (SSSR count).